The average molecular weight is 399 g/mol. The van der Waals surface area contributed by atoms with Gasteiger partial charge >= 0.3 is 0 Å². The van der Waals surface area contributed by atoms with Crippen molar-refractivity contribution < 1.29 is 24.2 Å². The van der Waals surface area contributed by atoms with E-state index in [1.807, 2.05) is 6.92 Å². The SMILES string of the molecule is CCOc1ccc(C2=C(SCCO)C(=O)N(c3ccccc3OC)C2=O)cc1. The Balaban J connectivity index is 2.05. The number of amides is 2. The quantitative estimate of drug-likeness (QED) is 0.688. The number of thioether (sulfide) groups is 1. The Morgan fingerprint density at radius 2 is 1.75 bits per heavy atom. The normalized spacial score (nSPS) is 14.0. The highest BCUT2D eigenvalue weighted by Crippen LogP contribution is 2.41. The van der Waals surface area contributed by atoms with Gasteiger partial charge in [0.05, 0.1) is 36.5 Å². The fourth-order valence-corrected chi connectivity index (χ4v) is 3.82. The molecular weight excluding hydrogens is 378 g/mol. The van der Waals surface area contributed by atoms with Gasteiger partial charge in [0.25, 0.3) is 11.8 Å². The van der Waals surface area contributed by atoms with Crippen molar-refractivity contribution in [1.82, 2.24) is 0 Å². The summed E-state index contributed by atoms with van der Waals surface area (Å²) in [5.74, 6) is 0.601. The molecule has 1 heterocycles. The number of hydrogen-bond acceptors (Lipinski definition) is 6. The number of anilines is 1. The molecule has 0 fully saturated rings. The molecule has 0 aromatic heterocycles. The molecule has 1 N–H and O–H groups in total. The first kappa shape index (κ1) is 20.0. The van der Waals surface area contributed by atoms with Crippen molar-refractivity contribution in [2.75, 3.05) is 31.0 Å². The molecular formula is C21H21NO5S. The summed E-state index contributed by atoms with van der Waals surface area (Å²) < 4.78 is 10.8. The Labute approximate surface area is 167 Å². The number of nitrogens with zero attached hydrogens (tertiary/aromatic N) is 1. The fraction of sp³-hybridized carbons (Fsp3) is 0.238. The molecule has 0 unspecified atom stereocenters. The molecule has 0 spiro atoms. The summed E-state index contributed by atoms with van der Waals surface area (Å²) in [4.78, 5) is 27.8. The van der Waals surface area contributed by atoms with Gasteiger partial charge in [-0.25, -0.2) is 4.90 Å². The standard InChI is InChI=1S/C21H21NO5S/c1-3-27-15-10-8-14(9-11-15)18-19(28-13-12-23)21(25)22(20(18)24)16-6-4-5-7-17(16)26-2/h4-11,23H,3,12-13H2,1-2H3. The maximum absolute atomic E-state index is 13.3. The molecule has 0 bridgehead atoms. The summed E-state index contributed by atoms with van der Waals surface area (Å²) in [5.41, 5.74) is 1.33. The first-order valence-electron chi connectivity index (χ1n) is 8.85. The Hall–Kier alpha value is -2.77. The third-order valence-electron chi connectivity index (χ3n) is 4.16. The summed E-state index contributed by atoms with van der Waals surface area (Å²) >= 11 is 1.17. The lowest BCUT2D eigenvalue weighted by atomic mass is 10.1. The monoisotopic (exact) mass is 399 g/mol. The van der Waals surface area contributed by atoms with Crippen molar-refractivity contribution in [2.45, 2.75) is 6.92 Å². The molecule has 2 aromatic rings. The lowest BCUT2D eigenvalue weighted by molar-refractivity contribution is -0.119. The van der Waals surface area contributed by atoms with Crippen LogP contribution in [-0.4, -0.2) is 43.0 Å². The molecule has 146 valence electrons. The predicted molar refractivity (Wildman–Crippen MR) is 110 cm³/mol. The number of aliphatic hydroxyl groups is 1. The molecule has 1 aliphatic heterocycles. The predicted octanol–water partition coefficient (Wildman–Crippen LogP) is 3.10. The third-order valence-corrected chi connectivity index (χ3v) is 5.21. The van der Waals surface area contributed by atoms with Crippen LogP contribution in [-0.2, 0) is 9.59 Å². The number of carbonyl (C=O) groups is 2. The Morgan fingerprint density at radius 3 is 2.39 bits per heavy atom. The molecule has 0 aliphatic carbocycles. The van der Waals surface area contributed by atoms with Crippen LogP contribution in [0.5, 0.6) is 11.5 Å². The number of rotatable bonds is 8. The fourth-order valence-electron chi connectivity index (χ4n) is 2.96. The molecule has 0 radical (unpaired) electrons. The van der Waals surface area contributed by atoms with E-state index < -0.39 is 11.8 Å². The van der Waals surface area contributed by atoms with Gasteiger partial charge in [0.15, 0.2) is 0 Å². The van der Waals surface area contributed by atoms with E-state index in [2.05, 4.69) is 0 Å². The molecule has 6 nitrogen and oxygen atoms in total. The Morgan fingerprint density at radius 1 is 1.04 bits per heavy atom. The number of benzene rings is 2. The molecule has 0 saturated carbocycles. The maximum atomic E-state index is 13.3. The highest BCUT2D eigenvalue weighted by atomic mass is 32.2. The molecule has 2 amide bonds. The minimum absolute atomic E-state index is 0.0964. The van der Waals surface area contributed by atoms with E-state index in [1.54, 1.807) is 48.5 Å². The van der Waals surface area contributed by atoms with Crippen LogP contribution in [0.1, 0.15) is 12.5 Å². The van der Waals surface area contributed by atoms with Crippen LogP contribution in [0.25, 0.3) is 5.57 Å². The first-order valence-corrected chi connectivity index (χ1v) is 9.83. The van der Waals surface area contributed by atoms with Crippen LogP contribution in [0, 0.1) is 0 Å². The third kappa shape index (κ3) is 3.76. The van der Waals surface area contributed by atoms with Gasteiger partial charge < -0.3 is 14.6 Å². The lowest BCUT2D eigenvalue weighted by Crippen LogP contribution is -2.31. The zero-order valence-corrected chi connectivity index (χ0v) is 16.5. The molecule has 0 atom stereocenters. The summed E-state index contributed by atoms with van der Waals surface area (Å²) in [7, 11) is 1.49. The number of methoxy groups -OCH3 is 1. The number of ether oxygens (including phenoxy) is 2. The molecule has 1 aliphatic rings. The number of para-hydroxylation sites is 2. The summed E-state index contributed by atoms with van der Waals surface area (Å²) in [6, 6.07) is 13.9. The zero-order chi connectivity index (χ0) is 20.1. The summed E-state index contributed by atoms with van der Waals surface area (Å²) in [5, 5.41) is 9.21. The summed E-state index contributed by atoms with van der Waals surface area (Å²) in [6.07, 6.45) is 0. The Kier molecular flexibility index (Phi) is 6.38. The van der Waals surface area contributed by atoms with Gasteiger partial charge in [-0.2, -0.15) is 0 Å². The second-order valence-corrected chi connectivity index (χ2v) is 6.96. The first-order chi connectivity index (χ1) is 13.6. The van der Waals surface area contributed by atoms with E-state index >= 15 is 0 Å². The second kappa shape index (κ2) is 8.95. The van der Waals surface area contributed by atoms with Gasteiger partial charge in [0.2, 0.25) is 0 Å². The number of hydrogen-bond donors (Lipinski definition) is 1. The van der Waals surface area contributed by atoms with Crippen LogP contribution in [0.3, 0.4) is 0 Å². The van der Waals surface area contributed by atoms with Crippen molar-refractivity contribution in [3.63, 3.8) is 0 Å². The average Bonchev–Trinajstić information content (AvgIpc) is 2.96. The molecule has 0 saturated heterocycles. The minimum atomic E-state index is -0.420. The minimum Gasteiger partial charge on any atom is -0.495 e. The van der Waals surface area contributed by atoms with E-state index in [0.717, 1.165) is 4.90 Å². The second-order valence-electron chi connectivity index (χ2n) is 5.85. The van der Waals surface area contributed by atoms with Crippen molar-refractivity contribution in [3.05, 3.63) is 59.0 Å². The number of carbonyl (C=O) groups excluding carboxylic acids is 2. The molecule has 28 heavy (non-hydrogen) atoms. The van der Waals surface area contributed by atoms with E-state index in [-0.39, 0.29) is 6.61 Å². The van der Waals surface area contributed by atoms with Gasteiger partial charge in [-0.3, -0.25) is 9.59 Å². The highest BCUT2D eigenvalue weighted by Gasteiger charge is 2.41. The van der Waals surface area contributed by atoms with E-state index in [9.17, 15) is 14.7 Å². The van der Waals surface area contributed by atoms with Gasteiger partial charge in [-0.1, -0.05) is 24.3 Å². The van der Waals surface area contributed by atoms with E-state index in [4.69, 9.17) is 9.47 Å². The van der Waals surface area contributed by atoms with Crippen molar-refractivity contribution >= 4 is 34.8 Å². The smallest absolute Gasteiger partial charge is 0.272 e. The highest BCUT2D eigenvalue weighted by molar-refractivity contribution is 8.04. The van der Waals surface area contributed by atoms with E-state index in [1.165, 1.54) is 18.9 Å². The maximum Gasteiger partial charge on any atom is 0.272 e. The van der Waals surface area contributed by atoms with Gasteiger partial charge in [-0.05, 0) is 36.8 Å². The van der Waals surface area contributed by atoms with Crippen LogP contribution in [0.15, 0.2) is 53.4 Å². The van der Waals surface area contributed by atoms with Crippen LogP contribution in [0.2, 0.25) is 0 Å². The lowest BCUT2D eigenvalue weighted by Gasteiger charge is -2.18. The van der Waals surface area contributed by atoms with Crippen molar-refractivity contribution in [1.29, 1.82) is 0 Å². The summed E-state index contributed by atoms with van der Waals surface area (Å²) in [6.45, 7) is 2.34. The molecule has 2 aromatic carbocycles. The van der Waals surface area contributed by atoms with Gasteiger partial charge in [0.1, 0.15) is 11.5 Å². The largest absolute Gasteiger partial charge is 0.495 e. The van der Waals surface area contributed by atoms with Crippen LogP contribution < -0.4 is 14.4 Å². The van der Waals surface area contributed by atoms with Crippen molar-refractivity contribution in [3.8, 4) is 11.5 Å². The Bertz CT molecular complexity index is 907. The number of aliphatic hydroxyl groups excluding tert-OH is 1. The van der Waals surface area contributed by atoms with Gasteiger partial charge in [0, 0.05) is 5.75 Å². The van der Waals surface area contributed by atoms with Crippen LogP contribution in [0.4, 0.5) is 5.69 Å². The zero-order valence-electron chi connectivity index (χ0n) is 15.7. The molecule has 3 rings (SSSR count). The number of imide groups is 1. The van der Waals surface area contributed by atoms with E-state index in [0.29, 0.717) is 45.6 Å². The van der Waals surface area contributed by atoms with Gasteiger partial charge in [-0.15, -0.1) is 11.8 Å². The van der Waals surface area contributed by atoms with Crippen molar-refractivity contribution in [2.24, 2.45) is 0 Å². The van der Waals surface area contributed by atoms with Crippen LogP contribution >= 0.6 is 11.8 Å². The topological polar surface area (TPSA) is 76.1 Å². The molecule has 7 heteroatoms.